The molecule has 4 aromatic rings. The second-order valence-corrected chi connectivity index (χ2v) is 6.68. The van der Waals surface area contributed by atoms with Crippen LogP contribution in [0.5, 0.6) is 5.75 Å². The van der Waals surface area contributed by atoms with Gasteiger partial charge in [0.2, 0.25) is 0 Å². The molecular weight excluding hydrogens is 391 g/mol. The van der Waals surface area contributed by atoms with Gasteiger partial charge in [0.15, 0.2) is 11.6 Å². The van der Waals surface area contributed by atoms with Crippen molar-refractivity contribution in [2.75, 3.05) is 6.61 Å². The maximum absolute atomic E-state index is 13.7. The molecule has 0 saturated carbocycles. The van der Waals surface area contributed by atoms with Crippen molar-refractivity contribution in [3.05, 3.63) is 96.1 Å². The number of benzene rings is 3. The fraction of sp³-hybridized carbons (Fsp3) is 0.174. The zero-order valence-corrected chi connectivity index (χ0v) is 16.6. The molecule has 0 spiro atoms. The number of halogens is 2. The molecule has 3 aromatic carbocycles. The summed E-state index contributed by atoms with van der Waals surface area (Å²) in [6, 6.07) is 24.1. The molecule has 1 aromatic heterocycles. The lowest BCUT2D eigenvalue weighted by atomic mass is 10.1. The Labute approximate surface area is 175 Å². The Bertz CT molecular complexity index is 1070. The molecule has 29 heavy (non-hydrogen) atoms. The van der Waals surface area contributed by atoms with Crippen molar-refractivity contribution >= 4 is 23.4 Å². The highest BCUT2D eigenvalue weighted by Gasteiger charge is 2.15. The molecule has 150 valence electrons. The molecule has 1 unspecified atom stereocenters. The highest BCUT2D eigenvalue weighted by molar-refractivity contribution is 5.85. The maximum atomic E-state index is 13.7. The molecule has 1 heterocycles. The van der Waals surface area contributed by atoms with Crippen LogP contribution in [-0.4, -0.2) is 27.4 Å². The van der Waals surface area contributed by atoms with Crippen LogP contribution in [0.25, 0.3) is 11.0 Å². The Morgan fingerprint density at radius 2 is 1.62 bits per heavy atom. The largest absolute Gasteiger partial charge is 0.488 e. The van der Waals surface area contributed by atoms with Gasteiger partial charge >= 0.3 is 0 Å². The molecule has 0 amide bonds. The molecule has 0 aliphatic carbocycles. The summed E-state index contributed by atoms with van der Waals surface area (Å²) < 4.78 is 21.2. The molecule has 4 rings (SSSR count). The maximum Gasteiger partial charge on any atom is 0.165 e. The Kier molecular flexibility index (Phi) is 6.86. The van der Waals surface area contributed by atoms with Gasteiger partial charge in [0.05, 0.1) is 17.6 Å². The summed E-state index contributed by atoms with van der Waals surface area (Å²) in [6.07, 6.45) is -0.136. The number of fused-ring (bicyclic) bond motifs is 1. The van der Waals surface area contributed by atoms with E-state index in [0.29, 0.717) is 13.0 Å². The summed E-state index contributed by atoms with van der Waals surface area (Å²) in [5, 5.41) is 10.5. The van der Waals surface area contributed by atoms with E-state index in [1.807, 2.05) is 47.0 Å². The van der Waals surface area contributed by atoms with Crippen LogP contribution >= 0.6 is 12.4 Å². The van der Waals surface area contributed by atoms with Crippen molar-refractivity contribution in [2.45, 2.75) is 19.1 Å². The van der Waals surface area contributed by atoms with E-state index in [9.17, 15) is 9.50 Å². The summed E-state index contributed by atoms with van der Waals surface area (Å²) in [4.78, 5) is 4.74. The Balaban J connectivity index is 0.00000240. The fourth-order valence-electron chi connectivity index (χ4n) is 3.25. The standard InChI is InChI=1S/C23H21FN2O2.ClH/c24-19-10-4-7-13-22(19)28-16-18(27)15-26-21-12-6-5-11-20(21)25-23(26)14-17-8-2-1-3-9-17;/h1-13,18,27H,14-16H2;1H. The summed E-state index contributed by atoms with van der Waals surface area (Å²) >= 11 is 0. The molecule has 0 saturated heterocycles. The van der Waals surface area contributed by atoms with E-state index in [4.69, 9.17) is 9.72 Å². The Morgan fingerprint density at radius 1 is 0.931 bits per heavy atom. The number of aliphatic hydroxyl groups excluding tert-OH is 1. The summed E-state index contributed by atoms with van der Waals surface area (Å²) in [5.74, 6) is 0.575. The van der Waals surface area contributed by atoms with Crippen molar-refractivity contribution < 1.29 is 14.2 Å². The third-order valence-corrected chi connectivity index (χ3v) is 4.60. The first-order valence-corrected chi connectivity index (χ1v) is 9.24. The number of aromatic nitrogens is 2. The van der Waals surface area contributed by atoms with Gasteiger partial charge in [-0.3, -0.25) is 0 Å². The molecule has 0 aliphatic rings. The number of rotatable bonds is 7. The smallest absolute Gasteiger partial charge is 0.165 e. The van der Waals surface area contributed by atoms with E-state index < -0.39 is 11.9 Å². The van der Waals surface area contributed by atoms with Crippen LogP contribution in [0.2, 0.25) is 0 Å². The number of imidazole rings is 1. The monoisotopic (exact) mass is 412 g/mol. The summed E-state index contributed by atoms with van der Waals surface area (Å²) in [6.45, 7) is 0.315. The minimum absolute atomic E-state index is 0. The molecular formula is C23H22ClFN2O2. The van der Waals surface area contributed by atoms with Gasteiger partial charge < -0.3 is 14.4 Å². The zero-order chi connectivity index (χ0) is 19.3. The third kappa shape index (κ3) is 4.94. The number of hydrogen-bond acceptors (Lipinski definition) is 3. The number of ether oxygens (including phenoxy) is 1. The van der Waals surface area contributed by atoms with Crippen molar-refractivity contribution in [3.63, 3.8) is 0 Å². The molecule has 1 atom stereocenters. The third-order valence-electron chi connectivity index (χ3n) is 4.60. The van der Waals surface area contributed by atoms with Gasteiger partial charge in [0.25, 0.3) is 0 Å². The summed E-state index contributed by atoms with van der Waals surface area (Å²) in [5.41, 5.74) is 2.99. The lowest BCUT2D eigenvalue weighted by Crippen LogP contribution is -2.25. The highest BCUT2D eigenvalue weighted by atomic mass is 35.5. The van der Waals surface area contributed by atoms with Crippen molar-refractivity contribution in [2.24, 2.45) is 0 Å². The second-order valence-electron chi connectivity index (χ2n) is 6.68. The van der Waals surface area contributed by atoms with Gasteiger partial charge in [-0.1, -0.05) is 54.6 Å². The van der Waals surface area contributed by atoms with E-state index in [0.717, 1.165) is 22.4 Å². The van der Waals surface area contributed by atoms with Gasteiger partial charge in [-0.15, -0.1) is 12.4 Å². The fourth-order valence-corrected chi connectivity index (χ4v) is 3.25. The minimum atomic E-state index is -0.799. The average molecular weight is 413 g/mol. The first kappa shape index (κ1) is 20.8. The van der Waals surface area contributed by atoms with E-state index in [-0.39, 0.29) is 24.8 Å². The topological polar surface area (TPSA) is 47.3 Å². The normalized spacial score (nSPS) is 11.8. The van der Waals surface area contributed by atoms with Gasteiger partial charge in [-0.05, 0) is 29.8 Å². The van der Waals surface area contributed by atoms with Gasteiger partial charge in [0.1, 0.15) is 18.5 Å². The van der Waals surface area contributed by atoms with Crippen molar-refractivity contribution in [3.8, 4) is 5.75 Å². The molecule has 1 N–H and O–H groups in total. The number of hydrogen-bond donors (Lipinski definition) is 1. The molecule has 4 nitrogen and oxygen atoms in total. The number of nitrogens with zero attached hydrogens (tertiary/aromatic N) is 2. The molecule has 0 bridgehead atoms. The van der Waals surface area contributed by atoms with Crippen LogP contribution in [-0.2, 0) is 13.0 Å². The molecule has 6 heteroatoms. The second kappa shape index (κ2) is 9.54. The van der Waals surface area contributed by atoms with Crippen LogP contribution in [0.4, 0.5) is 4.39 Å². The van der Waals surface area contributed by atoms with Gasteiger partial charge in [-0.2, -0.15) is 0 Å². The average Bonchev–Trinajstić information content (AvgIpc) is 3.05. The van der Waals surface area contributed by atoms with E-state index >= 15 is 0 Å². The van der Waals surface area contributed by atoms with Gasteiger partial charge in [-0.25, -0.2) is 9.37 Å². The SMILES string of the molecule is Cl.OC(COc1ccccc1F)Cn1c(Cc2ccccc2)nc2ccccc21. The summed E-state index contributed by atoms with van der Waals surface area (Å²) in [7, 11) is 0. The minimum Gasteiger partial charge on any atom is -0.488 e. The van der Waals surface area contributed by atoms with Crippen molar-refractivity contribution in [1.29, 1.82) is 0 Å². The molecule has 0 fully saturated rings. The molecule has 0 aliphatic heterocycles. The van der Waals surface area contributed by atoms with Crippen LogP contribution < -0.4 is 4.74 Å². The Hall–Kier alpha value is -2.89. The van der Waals surface area contributed by atoms with Crippen LogP contribution in [0.15, 0.2) is 78.9 Å². The Morgan fingerprint density at radius 3 is 2.41 bits per heavy atom. The van der Waals surface area contributed by atoms with Gasteiger partial charge in [0, 0.05) is 6.42 Å². The quantitative estimate of drug-likeness (QED) is 0.481. The lowest BCUT2D eigenvalue weighted by Gasteiger charge is -2.16. The van der Waals surface area contributed by atoms with Crippen LogP contribution in [0.3, 0.4) is 0 Å². The number of aliphatic hydroxyl groups is 1. The van der Waals surface area contributed by atoms with Crippen molar-refractivity contribution in [1.82, 2.24) is 9.55 Å². The highest BCUT2D eigenvalue weighted by Crippen LogP contribution is 2.20. The molecule has 0 radical (unpaired) electrons. The van der Waals surface area contributed by atoms with E-state index in [2.05, 4.69) is 12.1 Å². The van der Waals surface area contributed by atoms with Crippen LogP contribution in [0, 0.1) is 5.82 Å². The predicted octanol–water partition coefficient (Wildman–Crippen LogP) is 4.63. The zero-order valence-electron chi connectivity index (χ0n) is 15.7. The predicted molar refractivity (Wildman–Crippen MR) is 114 cm³/mol. The van der Waals surface area contributed by atoms with E-state index in [1.165, 1.54) is 6.07 Å². The van der Waals surface area contributed by atoms with E-state index in [1.54, 1.807) is 18.2 Å². The lowest BCUT2D eigenvalue weighted by molar-refractivity contribution is 0.0908. The first-order chi connectivity index (χ1) is 13.7. The van der Waals surface area contributed by atoms with Crippen LogP contribution in [0.1, 0.15) is 11.4 Å². The number of para-hydroxylation sites is 3. The first-order valence-electron chi connectivity index (χ1n) is 9.24.